The lowest BCUT2D eigenvalue weighted by atomic mass is 9.79. The van der Waals surface area contributed by atoms with Crippen molar-refractivity contribution < 1.29 is 9.90 Å². The number of hydrogen-bond donors (Lipinski definition) is 1. The van der Waals surface area contributed by atoms with E-state index in [1.807, 2.05) is 0 Å². The van der Waals surface area contributed by atoms with E-state index in [4.69, 9.17) is 5.11 Å². The molecular weight excluding hydrogens is 200 g/mol. The molecule has 0 aliphatic heterocycles. The van der Waals surface area contributed by atoms with Gasteiger partial charge in [0.25, 0.3) is 0 Å². The summed E-state index contributed by atoms with van der Waals surface area (Å²) in [6.45, 7) is 0. The fourth-order valence-corrected chi connectivity index (χ4v) is 4.05. The molecule has 0 aromatic rings. The van der Waals surface area contributed by atoms with E-state index in [9.17, 15) is 4.79 Å². The maximum atomic E-state index is 11.1. The number of fused-ring (bicyclic) bond motifs is 2. The van der Waals surface area contributed by atoms with Crippen molar-refractivity contribution in [1.82, 2.24) is 0 Å². The molecule has 3 unspecified atom stereocenters. The van der Waals surface area contributed by atoms with Crippen LogP contribution in [0.3, 0.4) is 0 Å². The third-order valence-electron chi connectivity index (χ3n) is 4.87. The summed E-state index contributed by atoms with van der Waals surface area (Å²) in [5.41, 5.74) is 3.22. The van der Waals surface area contributed by atoms with E-state index in [0.717, 1.165) is 31.1 Å². The van der Waals surface area contributed by atoms with Crippen molar-refractivity contribution in [3.8, 4) is 0 Å². The van der Waals surface area contributed by atoms with Crippen LogP contribution in [0.5, 0.6) is 0 Å². The van der Waals surface area contributed by atoms with Gasteiger partial charge in [0.2, 0.25) is 0 Å². The van der Waals surface area contributed by atoms with Crippen LogP contribution in [0.25, 0.3) is 0 Å². The van der Waals surface area contributed by atoms with E-state index < -0.39 is 5.97 Å². The first-order valence-corrected chi connectivity index (χ1v) is 6.67. The second-order valence-corrected chi connectivity index (χ2v) is 5.84. The first kappa shape index (κ1) is 10.4. The quantitative estimate of drug-likeness (QED) is 0.688. The second kappa shape index (κ2) is 3.90. The summed E-state index contributed by atoms with van der Waals surface area (Å²) in [6, 6.07) is 0. The second-order valence-electron chi connectivity index (χ2n) is 5.84. The van der Waals surface area contributed by atoms with Crippen LogP contribution in [0.2, 0.25) is 0 Å². The zero-order valence-corrected chi connectivity index (χ0v) is 9.74. The molecule has 0 spiro atoms. The third kappa shape index (κ3) is 1.68. The molecule has 2 heteroatoms. The summed E-state index contributed by atoms with van der Waals surface area (Å²) >= 11 is 0. The molecule has 0 aromatic carbocycles. The smallest absolute Gasteiger partial charge is 0.306 e. The van der Waals surface area contributed by atoms with Crippen LogP contribution in [0.15, 0.2) is 11.1 Å². The number of carboxylic acid groups (broad SMARTS) is 1. The van der Waals surface area contributed by atoms with Crippen molar-refractivity contribution in [2.75, 3.05) is 0 Å². The van der Waals surface area contributed by atoms with E-state index in [1.165, 1.54) is 37.7 Å². The molecular formula is C14H20O2. The number of carboxylic acids is 1. The van der Waals surface area contributed by atoms with Crippen LogP contribution in [0.1, 0.15) is 51.4 Å². The van der Waals surface area contributed by atoms with Crippen molar-refractivity contribution in [1.29, 1.82) is 0 Å². The molecule has 16 heavy (non-hydrogen) atoms. The van der Waals surface area contributed by atoms with Gasteiger partial charge in [-0.3, -0.25) is 4.79 Å². The predicted octanol–water partition coefficient (Wildman–Crippen LogP) is 3.38. The highest BCUT2D eigenvalue weighted by Gasteiger charge is 2.37. The molecule has 3 aliphatic carbocycles. The molecule has 3 saturated carbocycles. The van der Waals surface area contributed by atoms with Gasteiger partial charge in [0.05, 0.1) is 5.92 Å². The lowest BCUT2D eigenvalue weighted by Crippen LogP contribution is -2.19. The van der Waals surface area contributed by atoms with Gasteiger partial charge in [-0.05, 0) is 63.2 Å². The van der Waals surface area contributed by atoms with Crippen molar-refractivity contribution in [2.24, 2.45) is 17.8 Å². The Morgan fingerprint density at radius 2 is 2.06 bits per heavy atom. The van der Waals surface area contributed by atoms with Gasteiger partial charge in [-0.2, -0.15) is 0 Å². The molecule has 1 N–H and O–H groups in total. The lowest BCUT2D eigenvalue weighted by Gasteiger charge is -2.26. The van der Waals surface area contributed by atoms with Gasteiger partial charge in [0.15, 0.2) is 0 Å². The molecule has 2 nitrogen and oxygen atoms in total. The molecule has 88 valence electrons. The topological polar surface area (TPSA) is 37.3 Å². The average Bonchev–Trinajstić information content (AvgIpc) is 2.91. The summed E-state index contributed by atoms with van der Waals surface area (Å²) in [6.07, 6.45) is 9.51. The largest absolute Gasteiger partial charge is 0.481 e. The fraction of sp³-hybridized carbons (Fsp3) is 0.786. The van der Waals surface area contributed by atoms with Gasteiger partial charge in [0, 0.05) is 0 Å². The Labute approximate surface area is 96.7 Å². The van der Waals surface area contributed by atoms with Gasteiger partial charge >= 0.3 is 5.97 Å². The molecule has 0 aromatic heterocycles. The molecule has 2 bridgehead atoms. The van der Waals surface area contributed by atoms with Crippen molar-refractivity contribution in [2.45, 2.75) is 51.4 Å². The summed E-state index contributed by atoms with van der Waals surface area (Å²) in [5, 5.41) is 9.11. The molecule has 3 atom stereocenters. The minimum absolute atomic E-state index is 0.0876. The van der Waals surface area contributed by atoms with Crippen LogP contribution in [0, 0.1) is 17.8 Å². The van der Waals surface area contributed by atoms with Crippen molar-refractivity contribution in [3.05, 3.63) is 11.1 Å². The maximum Gasteiger partial charge on any atom is 0.306 e. The highest BCUT2D eigenvalue weighted by Crippen LogP contribution is 2.51. The number of hydrogen-bond acceptors (Lipinski definition) is 1. The standard InChI is InChI=1S/C14H20O2/c15-14(16)12-3-1-2-10(8-12)13-7-9-4-5-11(13)6-9/h9,11-12H,1-8H2,(H,15,16). The molecule has 3 aliphatic rings. The van der Waals surface area contributed by atoms with Gasteiger partial charge in [-0.1, -0.05) is 11.1 Å². The van der Waals surface area contributed by atoms with Crippen LogP contribution in [0.4, 0.5) is 0 Å². The predicted molar refractivity (Wildman–Crippen MR) is 62.1 cm³/mol. The first-order chi connectivity index (χ1) is 7.74. The van der Waals surface area contributed by atoms with E-state index in [1.54, 1.807) is 5.57 Å². The van der Waals surface area contributed by atoms with E-state index >= 15 is 0 Å². The zero-order chi connectivity index (χ0) is 11.1. The maximum absolute atomic E-state index is 11.1. The van der Waals surface area contributed by atoms with Gasteiger partial charge in [-0.15, -0.1) is 0 Å². The number of carbonyl (C=O) groups is 1. The zero-order valence-electron chi connectivity index (χ0n) is 9.74. The Morgan fingerprint density at radius 3 is 2.69 bits per heavy atom. The van der Waals surface area contributed by atoms with Crippen LogP contribution in [-0.4, -0.2) is 11.1 Å². The molecule has 0 radical (unpaired) electrons. The minimum atomic E-state index is -0.582. The highest BCUT2D eigenvalue weighted by molar-refractivity contribution is 5.70. The monoisotopic (exact) mass is 220 g/mol. The molecule has 0 amide bonds. The molecule has 3 rings (SSSR count). The summed E-state index contributed by atoms with van der Waals surface area (Å²) in [5.74, 6) is 1.11. The Morgan fingerprint density at radius 1 is 1.19 bits per heavy atom. The van der Waals surface area contributed by atoms with Gasteiger partial charge < -0.3 is 5.11 Å². The van der Waals surface area contributed by atoms with Gasteiger partial charge in [-0.25, -0.2) is 0 Å². The Bertz CT molecular complexity index is 343. The van der Waals surface area contributed by atoms with Crippen molar-refractivity contribution >= 4 is 5.97 Å². The van der Waals surface area contributed by atoms with E-state index in [2.05, 4.69) is 0 Å². The van der Waals surface area contributed by atoms with Crippen LogP contribution in [-0.2, 0) is 4.79 Å². The average molecular weight is 220 g/mol. The Kier molecular flexibility index (Phi) is 2.53. The van der Waals surface area contributed by atoms with Crippen LogP contribution < -0.4 is 0 Å². The van der Waals surface area contributed by atoms with Crippen molar-refractivity contribution in [3.63, 3.8) is 0 Å². The number of rotatable bonds is 1. The van der Waals surface area contributed by atoms with Gasteiger partial charge in [0.1, 0.15) is 0 Å². The summed E-state index contributed by atoms with van der Waals surface area (Å²) in [7, 11) is 0. The fourth-order valence-electron chi connectivity index (χ4n) is 4.05. The van der Waals surface area contributed by atoms with E-state index in [-0.39, 0.29) is 5.92 Å². The first-order valence-electron chi connectivity index (χ1n) is 6.67. The Hall–Kier alpha value is -0.790. The van der Waals surface area contributed by atoms with Crippen LogP contribution >= 0.6 is 0 Å². The number of allylic oxidation sites excluding steroid dienone is 2. The van der Waals surface area contributed by atoms with E-state index in [0.29, 0.717) is 0 Å². The SMILES string of the molecule is O=C(O)C1CCCC(=C2CC3CCC2C3)C1. The normalized spacial score (nSPS) is 42.6. The number of aliphatic carboxylic acids is 1. The third-order valence-corrected chi connectivity index (χ3v) is 4.87. The minimum Gasteiger partial charge on any atom is -0.481 e. The molecule has 0 saturated heterocycles. The Balaban J connectivity index is 1.79. The highest BCUT2D eigenvalue weighted by atomic mass is 16.4. The molecule has 3 fully saturated rings. The summed E-state index contributed by atoms with van der Waals surface area (Å²) in [4.78, 5) is 11.1. The molecule has 0 heterocycles. The summed E-state index contributed by atoms with van der Waals surface area (Å²) < 4.78 is 0. The lowest BCUT2D eigenvalue weighted by molar-refractivity contribution is -0.142.